The number of rotatable bonds is 4. The molecule has 4 nitrogen and oxygen atoms in total. The molecule has 0 bridgehead atoms. The Morgan fingerprint density at radius 2 is 1.96 bits per heavy atom. The Labute approximate surface area is 148 Å². The van der Waals surface area contributed by atoms with Gasteiger partial charge in [-0.3, -0.25) is 9.88 Å². The zero-order chi connectivity index (χ0) is 18.9. The Hall–Kier alpha value is -2.83. The Balaban J connectivity index is 1.85. The third-order valence-corrected chi connectivity index (χ3v) is 3.95. The van der Waals surface area contributed by atoms with E-state index in [2.05, 4.69) is 4.98 Å². The predicted molar refractivity (Wildman–Crippen MR) is 89.8 cm³/mol. The van der Waals surface area contributed by atoms with Crippen LogP contribution >= 0.6 is 0 Å². The minimum absolute atomic E-state index is 0.217. The Kier molecular flexibility index (Phi) is 4.71. The quantitative estimate of drug-likeness (QED) is 0.763. The van der Waals surface area contributed by atoms with E-state index in [1.165, 1.54) is 17.2 Å². The second-order valence-electron chi connectivity index (χ2n) is 6.53. The molecule has 1 aliphatic rings. The van der Waals surface area contributed by atoms with Crippen molar-refractivity contribution in [2.75, 3.05) is 0 Å². The lowest BCUT2D eigenvalue weighted by molar-refractivity contribution is 0.0375. The van der Waals surface area contributed by atoms with Crippen LogP contribution in [-0.2, 0) is 11.3 Å². The zero-order valence-corrected chi connectivity index (χ0v) is 14.2. The molecule has 26 heavy (non-hydrogen) atoms. The Bertz CT molecular complexity index is 866. The van der Waals surface area contributed by atoms with Crippen molar-refractivity contribution in [3.8, 4) is 11.1 Å². The van der Waals surface area contributed by atoms with E-state index in [-0.39, 0.29) is 6.54 Å². The van der Waals surface area contributed by atoms with Crippen LogP contribution in [0.2, 0.25) is 0 Å². The molecule has 1 aromatic carbocycles. The van der Waals surface area contributed by atoms with Crippen molar-refractivity contribution >= 4 is 6.09 Å². The van der Waals surface area contributed by atoms with Gasteiger partial charge in [-0.15, -0.1) is 0 Å². The fraction of sp³-hybridized carbons (Fsp3) is 0.263. The molecule has 1 aliphatic heterocycles. The minimum Gasteiger partial charge on any atom is -0.439 e. The largest absolute Gasteiger partial charge is 0.439 e. The molecule has 0 saturated carbocycles. The van der Waals surface area contributed by atoms with Crippen LogP contribution in [0.25, 0.3) is 11.1 Å². The van der Waals surface area contributed by atoms with Gasteiger partial charge in [0.1, 0.15) is 11.4 Å². The van der Waals surface area contributed by atoms with Gasteiger partial charge >= 0.3 is 6.09 Å². The molecule has 0 N–H and O–H groups in total. The minimum atomic E-state index is -2.90. The van der Waals surface area contributed by atoms with Gasteiger partial charge in [0.2, 0.25) is 0 Å². The van der Waals surface area contributed by atoms with E-state index in [1.807, 2.05) is 0 Å². The first kappa shape index (κ1) is 18.0. The van der Waals surface area contributed by atoms with Crippen LogP contribution in [0.1, 0.15) is 31.4 Å². The fourth-order valence-electron chi connectivity index (χ4n) is 2.58. The summed E-state index contributed by atoms with van der Waals surface area (Å²) in [7, 11) is 0. The number of carbonyl (C=O) groups is 1. The smallest absolute Gasteiger partial charge is 0.414 e. The molecule has 7 heteroatoms. The predicted octanol–water partition coefficient (Wildman–Crippen LogP) is 5.07. The van der Waals surface area contributed by atoms with Crippen molar-refractivity contribution in [2.45, 2.75) is 32.4 Å². The van der Waals surface area contributed by atoms with Gasteiger partial charge in [-0.05, 0) is 49.2 Å². The van der Waals surface area contributed by atoms with Gasteiger partial charge in [0.25, 0.3) is 6.43 Å². The lowest BCUT2D eigenvalue weighted by Gasteiger charge is -2.31. The summed E-state index contributed by atoms with van der Waals surface area (Å²) in [4.78, 5) is 17.5. The van der Waals surface area contributed by atoms with Crippen molar-refractivity contribution in [2.24, 2.45) is 0 Å². The van der Waals surface area contributed by atoms with Gasteiger partial charge in [-0.25, -0.2) is 18.0 Å². The van der Waals surface area contributed by atoms with E-state index in [1.54, 1.807) is 38.4 Å². The van der Waals surface area contributed by atoms with Crippen molar-refractivity contribution < 1.29 is 22.7 Å². The van der Waals surface area contributed by atoms with Crippen LogP contribution in [0.5, 0.6) is 0 Å². The van der Waals surface area contributed by atoms with E-state index in [4.69, 9.17) is 4.74 Å². The standard InChI is InChI=1S/C19H17F3N2O2/c1-19(2)5-6-24(18(25)26-19)11-12-7-14(10-23-9-12)13-3-4-16(20)15(8-13)17(21)22/h3-10,17H,11H2,1-2H3. The van der Waals surface area contributed by atoms with E-state index >= 15 is 0 Å². The molecule has 2 aromatic rings. The SMILES string of the molecule is CC1(C)C=CN(Cc2cncc(-c3ccc(F)c(C(F)F)c3)c2)C(=O)O1. The van der Waals surface area contributed by atoms with Gasteiger partial charge in [-0.1, -0.05) is 6.07 Å². The maximum atomic E-state index is 13.5. The van der Waals surface area contributed by atoms with Crippen LogP contribution in [0.15, 0.2) is 48.9 Å². The first-order valence-electron chi connectivity index (χ1n) is 7.96. The number of hydrogen-bond donors (Lipinski definition) is 0. The molecule has 0 atom stereocenters. The zero-order valence-electron chi connectivity index (χ0n) is 14.2. The number of halogens is 3. The molecular weight excluding hydrogens is 345 g/mol. The molecular formula is C19H17F3N2O2. The molecule has 136 valence electrons. The molecule has 1 amide bonds. The number of aromatic nitrogens is 1. The van der Waals surface area contributed by atoms with Gasteiger partial charge in [0.05, 0.1) is 12.1 Å². The highest BCUT2D eigenvalue weighted by Gasteiger charge is 2.28. The third-order valence-electron chi connectivity index (χ3n) is 3.95. The molecule has 1 aromatic heterocycles. The second-order valence-corrected chi connectivity index (χ2v) is 6.53. The molecule has 3 rings (SSSR count). The highest BCUT2D eigenvalue weighted by Crippen LogP contribution is 2.28. The number of ether oxygens (including phenoxy) is 1. The first-order valence-corrected chi connectivity index (χ1v) is 7.96. The van der Waals surface area contributed by atoms with Gasteiger partial charge in [0, 0.05) is 24.2 Å². The number of pyridine rings is 1. The summed E-state index contributed by atoms with van der Waals surface area (Å²) >= 11 is 0. The van der Waals surface area contributed by atoms with E-state index in [0.717, 1.165) is 12.1 Å². The second kappa shape index (κ2) is 6.82. The van der Waals surface area contributed by atoms with Crippen molar-refractivity contribution in [3.05, 3.63) is 65.9 Å². The average molecular weight is 362 g/mol. The number of hydrogen-bond acceptors (Lipinski definition) is 3. The summed E-state index contributed by atoms with van der Waals surface area (Å²) in [5.41, 5.74) is 0.352. The van der Waals surface area contributed by atoms with Crippen LogP contribution < -0.4 is 0 Å². The molecule has 0 aliphatic carbocycles. The van der Waals surface area contributed by atoms with Crippen LogP contribution in [-0.4, -0.2) is 21.6 Å². The number of nitrogens with zero attached hydrogens (tertiary/aromatic N) is 2. The van der Waals surface area contributed by atoms with Crippen molar-refractivity contribution in [1.82, 2.24) is 9.88 Å². The molecule has 0 saturated heterocycles. The number of amides is 1. The summed E-state index contributed by atoms with van der Waals surface area (Å²) < 4.78 is 44.5. The van der Waals surface area contributed by atoms with Crippen LogP contribution in [0, 0.1) is 5.82 Å². The number of alkyl halides is 2. The maximum absolute atomic E-state index is 13.5. The summed E-state index contributed by atoms with van der Waals surface area (Å²) in [6.45, 7) is 3.77. The summed E-state index contributed by atoms with van der Waals surface area (Å²) in [6, 6.07) is 5.25. The third kappa shape index (κ3) is 3.87. The summed E-state index contributed by atoms with van der Waals surface area (Å²) in [5, 5.41) is 0. The number of carbonyl (C=O) groups excluding carboxylic acids is 1. The highest BCUT2D eigenvalue weighted by atomic mass is 19.3. The van der Waals surface area contributed by atoms with Crippen LogP contribution in [0.4, 0.5) is 18.0 Å². The van der Waals surface area contributed by atoms with E-state index in [9.17, 15) is 18.0 Å². The lowest BCUT2D eigenvalue weighted by atomic mass is 10.0. The van der Waals surface area contributed by atoms with Gasteiger partial charge in [0.15, 0.2) is 0 Å². The van der Waals surface area contributed by atoms with Crippen LogP contribution in [0.3, 0.4) is 0 Å². The fourth-order valence-corrected chi connectivity index (χ4v) is 2.58. The maximum Gasteiger partial charge on any atom is 0.414 e. The number of cyclic esters (lactones) is 1. The molecule has 0 unspecified atom stereocenters. The lowest BCUT2D eigenvalue weighted by Crippen LogP contribution is -2.38. The topological polar surface area (TPSA) is 42.4 Å². The first-order chi connectivity index (χ1) is 12.2. The monoisotopic (exact) mass is 362 g/mol. The Morgan fingerprint density at radius 3 is 2.65 bits per heavy atom. The van der Waals surface area contributed by atoms with Gasteiger partial charge in [-0.2, -0.15) is 0 Å². The molecule has 0 spiro atoms. The normalized spacial score (nSPS) is 16.1. The summed E-state index contributed by atoms with van der Waals surface area (Å²) in [6.07, 6.45) is 3.10. The average Bonchev–Trinajstić information content (AvgIpc) is 2.57. The van der Waals surface area contributed by atoms with E-state index < -0.39 is 29.5 Å². The van der Waals surface area contributed by atoms with Crippen molar-refractivity contribution in [3.63, 3.8) is 0 Å². The van der Waals surface area contributed by atoms with E-state index in [0.29, 0.717) is 16.7 Å². The molecule has 0 radical (unpaired) electrons. The summed E-state index contributed by atoms with van der Waals surface area (Å²) in [5.74, 6) is -0.948. The highest BCUT2D eigenvalue weighted by molar-refractivity contribution is 5.71. The Morgan fingerprint density at radius 1 is 1.19 bits per heavy atom. The van der Waals surface area contributed by atoms with Crippen molar-refractivity contribution in [1.29, 1.82) is 0 Å². The molecule has 0 fully saturated rings. The molecule has 2 heterocycles. The van der Waals surface area contributed by atoms with Gasteiger partial charge < -0.3 is 4.74 Å². The number of benzene rings is 1.